The molecular weight excluding hydrogens is 236 g/mol. The summed E-state index contributed by atoms with van der Waals surface area (Å²) in [6.45, 7) is 2.71. The van der Waals surface area contributed by atoms with Gasteiger partial charge in [0.1, 0.15) is 11.9 Å². The third-order valence-electron chi connectivity index (χ3n) is 2.73. The highest BCUT2D eigenvalue weighted by molar-refractivity contribution is 5.86. The number of carboxylic acids is 1. The van der Waals surface area contributed by atoms with E-state index in [0.29, 0.717) is 12.3 Å². The molecule has 7 nitrogen and oxygen atoms in total. The highest BCUT2D eigenvalue weighted by Gasteiger charge is 2.15. The quantitative estimate of drug-likeness (QED) is 0.792. The van der Waals surface area contributed by atoms with E-state index in [1.165, 1.54) is 12.5 Å². The van der Waals surface area contributed by atoms with Gasteiger partial charge in [-0.1, -0.05) is 19.8 Å². The molecular formula is C11H14N4O3. The molecule has 0 saturated carbocycles. The molecule has 96 valence electrons. The number of carbonyl (C=O) groups is 1. The van der Waals surface area contributed by atoms with Gasteiger partial charge < -0.3 is 9.67 Å². The van der Waals surface area contributed by atoms with Crippen molar-refractivity contribution in [3.05, 3.63) is 28.4 Å². The van der Waals surface area contributed by atoms with Crippen molar-refractivity contribution in [3.63, 3.8) is 0 Å². The number of aryl methyl sites for hydroxylation is 1. The largest absolute Gasteiger partial charge is 0.477 e. The lowest BCUT2D eigenvalue weighted by molar-refractivity contribution is 0.0693. The van der Waals surface area contributed by atoms with Gasteiger partial charge in [-0.15, -0.1) is 0 Å². The molecule has 0 saturated heterocycles. The van der Waals surface area contributed by atoms with Gasteiger partial charge >= 0.3 is 5.97 Å². The molecule has 0 atom stereocenters. The number of hydrogen-bond acceptors (Lipinski definition) is 4. The van der Waals surface area contributed by atoms with Crippen LogP contribution in [-0.2, 0) is 6.54 Å². The van der Waals surface area contributed by atoms with E-state index in [1.54, 1.807) is 4.57 Å². The number of fused-ring (bicyclic) bond motifs is 1. The van der Waals surface area contributed by atoms with Crippen LogP contribution in [0, 0.1) is 0 Å². The summed E-state index contributed by atoms with van der Waals surface area (Å²) in [6.07, 6.45) is 5.59. The molecule has 0 spiro atoms. The summed E-state index contributed by atoms with van der Waals surface area (Å²) < 4.78 is 2.68. The highest BCUT2D eigenvalue weighted by Crippen LogP contribution is 2.04. The number of rotatable bonds is 5. The van der Waals surface area contributed by atoms with Crippen LogP contribution in [0.25, 0.3) is 5.78 Å². The van der Waals surface area contributed by atoms with E-state index in [0.717, 1.165) is 23.8 Å². The fraction of sp³-hybridized carbons (Fsp3) is 0.455. The Morgan fingerprint density at radius 3 is 2.89 bits per heavy atom. The Morgan fingerprint density at radius 1 is 1.44 bits per heavy atom. The number of aromatic nitrogens is 4. The van der Waals surface area contributed by atoms with Gasteiger partial charge in [0.15, 0.2) is 0 Å². The number of unbranched alkanes of at least 4 members (excludes halogenated alkanes) is 2. The summed E-state index contributed by atoms with van der Waals surface area (Å²) in [5.74, 6) is -0.872. The fourth-order valence-corrected chi connectivity index (χ4v) is 1.80. The van der Waals surface area contributed by atoms with Crippen LogP contribution < -0.4 is 5.56 Å². The number of carboxylic acid groups (broad SMARTS) is 1. The predicted octanol–water partition coefficient (Wildman–Crippen LogP) is 0.779. The summed E-state index contributed by atoms with van der Waals surface area (Å²) >= 11 is 0. The first-order valence-electron chi connectivity index (χ1n) is 5.81. The summed E-state index contributed by atoms with van der Waals surface area (Å²) in [6, 6.07) is 0. The average molecular weight is 250 g/mol. The Balaban J connectivity index is 2.51. The summed E-state index contributed by atoms with van der Waals surface area (Å²) in [5.41, 5.74) is -0.939. The van der Waals surface area contributed by atoms with Crippen molar-refractivity contribution in [1.82, 2.24) is 19.2 Å². The van der Waals surface area contributed by atoms with E-state index < -0.39 is 11.5 Å². The van der Waals surface area contributed by atoms with Crippen molar-refractivity contribution >= 4 is 11.7 Å². The SMILES string of the molecule is CCCCCn1cc(C(=O)O)c(=O)n2ncnc12. The first-order chi connectivity index (χ1) is 8.65. The molecule has 2 aromatic rings. The first-order valence-corrected chi connectivity index (χ1v) is 5.81. The van der Waals surface area contributed by atoms with Crippen LogP contribution in [0.1, 0.15) is 36.5 Å². The second-order valence-corrected chi connectivity index (χ2v) is 4.03. The molecule has 2 rings (SSSR count). The second kappa shape index (κ2) is 4.99. The minimum atomic E-state index is -1.25. The van der Waals surface area contributed by atoms with Gasteiger partial charge in [-0.05, 0) is 6.42 Å². The summed E-state index contributed by atoms with van der Waals surface area (Å²) in [4.78, 5) is 26.8. The van der Waals surface area contributed by atoms with Crippen LogP contribution in [0.5, 0.6) is 0 Å². The Kier molecular flexibility index (Phi) is 3.40. The van der Waals surface area contributed by atoms with E-state index >= 15 is 0 Å². The van der Waals surface area contributed by atoms with E-state index in [-0.39, 0.29) is 5.56 Å². The molecule has 0 radical (unpaired) electrons. The highest BCUT2D eigenvalue weighted by atomic mass is 16.4. The molecule has 0 aliphatic rings. The van der Waals surface area contributed by atoms with Gasteiger partial charge in [-0.3, -0.25) is 4.79 Å². The molecule has 18 heavy (non-hydrogen) atoms. The van der Waals surface area contributed by atoms with Crippen LogP contribution in [0.3, 0.4) is 0 Å². The maximum Gasteiger partial charge on any atom is 0.342 e. The van der Waals surface area contributed by atoms with E-state index in [4.69, 9.17) is 5.11 Å². The van der Waals surface area contributed by atoms with Gasteiger partial charge in [-0.25, -0.2) is 4.79 Å². The first kappa shape index (κ1) is 12.3. The van der Waals surface area contributed by atoms with E-state index in [2.05, 4.69) is 17.0 Å². The molecule has 0 aliphatic carbocycles. The third-order valence-corrected chi connectivity index (χ3v) is 2.73. The van der Waals surface area contributed by atoms with Gasteiger partial charge in [0.25, 0.3) is 5.56 Å². The van der Waals surface area contributed by atoms with E-state index in [1.807, 2.05) is 0 Å². The Hall–Kier alpha value is -2.18. The zero-order chi connectivity index (χ0) is 13.1. The molecule has 2 heterocycles. The molecule has 0 bridgehead atoms. The molecule has 0 fully saturated rings. The lowest BCUT2D eigenvalue weighted by Gasteiger charge is -2.08. The Labute approximate surface area is 103 Å². The van der Waals surface area contributed by atoms with Crippen LogP contribution in [0.4, 0.5) is 0 Å². The molecule has 0 aromatic carbocycles. The molecule has 2 aromatic heterocycles. The fourth-order valence-electron chi connectivity index (χ4n) is 1.80. The third kappa shape index (κ3) is 2.11. The maximum atomic E-state index is 11.8. The zero-order valence-corrected chi connectivity index (χ0v) is 10.0. The number of hydrogen-bond donors (Lipinski definition) is 1. The Bertz CT molecular complexity index is 629. The number of nitrogens with zero attached hydrogens (tertiary/aromatic N) is 4. The molecule has 0 aliphatic heterocycles. The van der Waals surface area contributed by atoms with E-state index in [9.17, 15) is 9.59 Å². The lowest BCUT2D eigenvalue weighted by atomic mass is 10.2. The van der Waals surface area contributed by atoms with Crippen LogP contribution in [-0.4, -0.2) is 30.2 Å². The van der Waals surface area contributed by atoms with Crippen molar-refractivity contribution in [2.45, 2.75) is 32.7 Å². The van der Waals surface area contributed by atoms with Crippen molar-refractivity contribution in [1.29, 1.82) is 0 Å². The minimum Gasteiger partial charge on any atom is -0.477 e. The average Bonchev–Trinajstić information content (AvgIpc) is 2.81. The predicted molar refractivity (Wildman–Crippen MR) is 63.7 cm³/mol. The topological polar surface area (TPSA) is 89.5 Å². The van der Waals surface area contributed by atoms with Crippen LogP contribution in [0.15, 0.2) is 17.3 Å². The smallest absolute Gasteiger partial charge is 0.342 e. The Morgan fingerprint density at radius 2 is 2.22 bits per heavy atom. The standard InChI is InChI=1S/C11H14N4O3/c1-2-3-4-5-14-6-8(10(17)18)9(16)15-11(14)12-7-13-15/h6-7H,2-5H2,1H3,(H,17,18). The molecule has 1 N–H and O–H groups in total. The van der Waals surface area contributed by atoms with Gasteiger partial charge in [-0.2, -0.15) is 14.6 Å². The van der Waals surface area contributed by atoms with Gasteiger partial charge in [0, 0.05) is 12.7 Å². The molecule has 0 amide bonds. The van der Waals surface area contributed by atoms with Gasteiger partial charge in [0.2, 0.25) is 5.78 Å². The van der Waals surface area contributed by atoms with Crippen molar-refractivity contribution in [3.8, 4) is 0 Å². The molecule has 7 heteroatoms. The van der Waals surface area contributed by atoms with Crippen molar-refractivity contribution in [2.24, 2.45) is 0 Å². The second-order valence-electron chi connectivity index (χ2n) is 4.03. The van der Waals surface area contributed by atoms with Gasteiger partial charge in [0.05, 0.1) is 0 Å². The summed E-state index contributed by atoms with van der Waals surface area (Å²) in [5, 5.41) is 12.7. The minimum absolute atomic E-state index is 0.288. The van der Waals surface area contributed by atoms with Crippen molar-refractivity contribution < 1.29 is 9.90 Å². The lowest BCUT2D eigenvalue weighted by Crippen LogP contribution is -2.26. The van der Waals surface area contributed by atoms with Crippen LogP contribution in [0.2, 0.25) is 0 Å². The normalized spacial score (nSPS) is 10.9. The zero-order valence-electron chi connectivity index (χ0n) is 10.0. The maximum absolute atomic E-state index is 11.8. The van der Waals surface area contributed by atoms with Crippen LogP contribution >= 0.6 is 0 Å². The van der Waals surface area contributed by atoms with Crippen molar-refractivity contribution in [2.75, 3.05) is 0 Å². The number of aromatic carboxylic acids is 1. The summed E-state index contributed by atoms with van der Waals surface area (Å²) in [7, 11) is 0. The molecule has 0 unspecified atom stereocenters. The monoisotopic (exact) mass is 250 g/mol.